The monoisotopic (exact) mass is 767 g/mol. The molecule has 0 unspecified atom stereocenters. The van der Waals surface area contributed by atoms with Crippen LogP contribution < -0.4 is 4.90 Å². The molecule has 0 N–H and O–H groups in total. The maximum Gasteiger partial charge on any atom is 0.143 e. The Bertz CT molecular complexity index is 3820. The number of rotatable bonds is 6. The van der Waals surface area contributed by atoms with Gasteiger partial charge in [0.25, 0.3) is 0 Å². The molecule has 1 aromatic heterocycles. The summed E-state index contributed by atoms with van der Waals surface area (Å²) in [6.07, 6.45) is 0. The first kappa shape index (κ1) is 30.2. The second-order valence-corrected chi connectivity index (χ2v) is 15.4. The van der Waals surface area contributed by atoms with Gasteiger partial charge in [0.05, 0.1) is 16.6 Å². The lowest BCUT2D eigenvalue weighted by Crippen LogP contribution is -2.10. The lowest BCUT2D eigenvalue weighted by molar-refractivity contribution is 0.672. The van der Waals surface area contributed by atoms with E-state index in [9.17, 15) is 5.48 Å². The van der Waals surface area contributed by atoms with Crippen molar-refractivity contribution in [3.63, 3.8) is 0 Å². The van der Waals surface area contributed by atoms with Crippen LogP contribution in [0.4, 0.5) is 17.1 Å². The van der Waals surface area contributed by atoms with Crippen LogP contribution in [0, 0.1) is 0 Å². The Hall–Kier alpha value is -7.94. The fourth-order valence-electron chi connectivity index (χ4n) is 8.89. The predicted molar refractivity (Wildman–Crippen MR) is 255 cm³/mol. The normalized spacial score (nSPS) is 12.6. The van der Waals surface area contributed by atoms with E-state index in [0.29, 0.717) is 22.5 Å². The van der Waals surface area contributed by atoms with E-state index in [1.54, 1.807) is 0 Å². The minimum absolute atomic E-state index is 0.113. The van der Waals surface area contributed by atoms with E-state index in [-0.39, 0.29) is 35.4 Å². The molecule has 0 aliphatic heterocycles. The summed E-state index contributed by atoms with van der Waals surface area (Å²) >= 11 is 0. The second-order valence-electron chi connectivity index (χ2n) is 15.4. The summed E-state index contributed by atoms with van der Waals surface area (Å²) in [7, 11) is 0. The molecule has 60 heavy (non-hydrogen) atoms. The molecule has 2 heteroatoms. The highest BCUT2D eigenvalue weighted by molar-refractivity contribution is 6.19. The van der Waals surface area contributed by atoms with Gasteiger partial charge in [-0.25, -0.2) is 0 Å². The molecule has 0 bridgehead atoms. The Balaban J connectivity index is 1.03. The van der Waals surface area contributed by atoms with E-state index in [4.69, 9.17) is 4.42 Å². The predicted octanol–water partition coefficient (Wildman–Crippen LogP) is 16.7. The van der Waals surface area contributed by atoms with Gasteiger partial charge in [-0.3, -0.25) is 0 Å². The Morgan fingerprint density at radius 3 is 1.72 bits per heavy atom. The van der Waals surface area contributed by atoms with Crippen molar-refractivity contribution in [3.8, 4) is 33.4 Å². The van der Waals surface area contributed by atoms with Gasteiger partial charge in [0.2, 0.25) is 0 Å². The first-order valence-corrected chi connectivity index (χ1v) is 20.2. The van der Waals surface area contributed by atoms with Gasteiger partial charge >= 0.3 is 0 Å². The molecule has 0 fully saturated rings. The highest BCUT2D eigenvalue weighted by Crippen LogP contribution is 2.45. The van der Waals surface area contributed by atoms with Crippen molar-refractivity contribution in [2.75, 3.05) is 4.90 Å². The first-order chi connectivity index (χ1) is 31.4. The van der Waals surface area contributed by atoms with Crippen LogP contribution >= 0.6 is 0 Å². The molecule has 0 aliphatic carbocycles. The number of hydrogen-bond acceptors (Lipinski definition) is 2. The van der Waals surface area contributed by atoms with Crippen molar-refractivity contribution in [1.82, 2.24) is 0 Å². The minimum atomic E-state index is -0.142. The number of furan rings is 1. The average Bonchev–Trinajstić information content (AvgIpc) is 3.75. The number of nitrogens with zero attached hydrogens (tertiary/aromatic N) is 1. The number of benzene rings is 11. The average molecular weight is 768 g/mol. The van der Waals surface area contributed by atoms with Crippen LogP contribution in [-0.4, -0.2) is 0 Å². The summed E-state index contributed by atoms with van der Waals surface area (Å²) in [5.74, 6) is 0. The Morgan fingerprint density at radius 1 is 0.333 bits per heavy atom. The van der Waals surface area contributed by atoms with E-state index >= 15 is 0 Å². The van der Waals surface area contributed by atoms with E-state index in [2.05, 4.69) is 127 Å². The molecule has 0 aliphatic rings. The van der Waals surface area contributed by atoms with E-state index in [0.717, 1.165) is 70.9 Å². The Labute approximate surface area is 353 Å². The van der Waals surface area contributed by atoms with Gasteiger partial charge < -0.3 is 9.32 Å². The van der Waals surface area contributed by atoms with Crippen LogP contribution in [0.2, 0.25) is 0 Å². The van der Waals surface area contributed by atoms with Crippen molar-refractivity contribution >= 4 is 82.1 Å². The topological polar surface area (TPSA) is 16.4 Å². The van der Waals surface area contributed by atoms with E-state index in [1.807, 2.05) is 77.7 Å². The first-order valence-electron chi connectivity index (χ1n) is 22.2. The van der Waals surface area contributed by atoms with Gasteiger partial charge in [0.15, 0.2) is 0 Å². The molecular formula is C58H37NO. The fourth-order valence-corrected chi connectivity index (χ4v) is 8.89. The molecule has 0 saturated heterocycles. The molecule has 12 rings (SSSR count). The van der Waals surface area contributed by atoms with Crippen LogP contribution in [0.25, 0.3) is 98.4 Å². The molecule has 0 saturated carbocycles. The Kier molecular flexibility index (Phi) is 6.98. The molecular weight excluding hydrogens is 727 g/mol. The number of anilines is 3. The molecule has 0 atom stereocenters. The van der Waals surface area contributed by atoms with Gasteiger partial charge in [-0.1, -0.05) is 164 Å². The Morgan fingerprint density at radius 2 is 0.883 bits per heavy atom. The quantitative estimate of drug-likeness (QED) is 0.157. The summed E-state index contributed by atoms with van der Waals surface area (Å²) < 4.78 is 45.2. The molecule has 2 nitrogen and oxygen atoms in total. The third-order valence-electron chi connectivity index (χ3n) is 11.9. The lowest BCUT2D eigenvalue weighted by Gasteiger charge is -2.26. The molecule has 0 spiro atoms. The number of fused-ring (bicyclic) bond motifs is 9. The zero-order valence-corrected chi connectivity index (χ0v) is 32.4. The third kappa shape index (κ3) is 5.73. The van der Waals surface area contributed by atoms with Gasteiger partial charge in [-0.2, -0.15) is 0 Å². The van der Waals surface area contributed by atoms with Crippen LogP contribution in [-0.2, 0) is 0 Å². The standard InChI is InChI=1S/C58H37NO/c1-2-12-43-36-47(21-19-38(43)9-1)45-14-7-13-44(35-45)39-23-29-49(30-24-39)59(55-17-8-18-56-57(55)54-34-27-42-11-4-6-16-53(42)58(54)60-56)50-31-25-40(26-32-50)46-28-33-52-48(37-46)22-20-41-10-3-5-15-51(41)52/h1-37H/i25D,26D,31D,32D. The van der Waals surface area contributed by atoms with Crippen molar-refractivity contribution in [1.29, 1.82) is 0 Å². The van der Waals surface area contributed by atoms with E-state index in [1.165, 1.54) is 10.8 Å². The number of hydrogen-bond donors (Lipinski definition) is 0. The zero-order chi connectivity index (χ0) is 43.1. The fraction of sp³-hybridized carbons (Fsp3) is 0. The summed E-state index contributed by atoms with van der Waals surface area (Å²) in [5, 5.41) is 10.4. The van der Waals surface area contributed by atoms with Crippen LogP contribution in [0.15, 0.2) is 229 Å². The van der Waals surface area contributed by atoms with Gasteiger partial charge in [-0.15, -0.1) is 0 Å². The molecule has 12 aromatic rings. The SMILES string of the molecule is [2H]c1c([2H])c(N(c2ccc(-c3cccc(-c4ccc5ccccc5c4)c3)cc2)c2cccc3oc4c5ccccc5ccc4c23)c([2H])c([2H])c1-c1ccc2c(ccc3ccccc32)c1. The van der Waals surface area contributed by atoms with Gasteiger partial charge in [0.1, 0.15) is 11.2 Å². The van der Waals surface area contributed by atoms with Crippen LogP contribution in [0.1, 0.15) is 5.48 Å². The van der Waals surface area contributed by atoms with Crippen molar-refractivity contribution < 1.29 is 9.90 Å². The van der Waals surface area contributed by atoms with Gasteiger partial charge in [0, 0.05) is 22.1 Å². The molecule has 11 aromatic carbocycles. The summed E-state index contributed by atoms with van der Waals surface area (Å²) in [4.78, 5) is 1.87. The van der Waals surface area contributed by atoms with Gasteiger partial charge in [-0.05, 0) is 132 Å². The highest BCUT2D eigenvalue weighted by Gasteiger charge is 2.21. The lowest BCUT2D eigenvalue weighted by atomic mass is 9.97. The van der Waals surface area contributed by atoms with Crippen LogP contribution in [0.3, 0.4) is 0 Å². The largest absolute Gasteiger partial charge is 0.455 e. The smallest absolute Gasteiger partial charge is 0.143 e. The molecule has 0 amide bonds. The molecule has 1 heterocycles. The zero-order valence-electron chi connectivity index (χ0n) is 36.4. The summed E-state index contributed by atoms with van der Waals surface area (Å²) in [5.41, 5.74) is 8.12. The maximum atomic E-state index is 9.74. The minimum Gasteiger partial charge on any atom is -0.455 e. The van der Waals surface area contributed by atoms with Crippen molar-refractivity contribution in [2.45, 2.75) is 0 Å². The van der Waals surface area contributed by atoms with Crippen molar-refractivity contribution in [2.24, 2.45) is 0 Å². The summed E-state index contributed by atoms with van der Waals surface area (Å²) in [6, 6.07) is 67.5. The highest BCUT2D eigenvalue weighted by atomic mass is 16.3. The van der Waals surface area contributed by atoms with Crippen LogP contribution in [0.5, 0.6) is 0 Å². The third-order valence-corrected chi connectivity index (χ3v) is 11.9. The molecule has 280 valence electrons. The summed E-state index contributed by atoms with van der Waals surface area (Å²) in [6.45, 7) is 0. The molecule has 0 radical (unpaired) electrons. The van der Waals surface area contributed by atoms with E-state index < -0.39 is 0 Å². The van der Waals surface area contributed by atoms with Crippen molar-refractivity contribution in [3.05, 3.63) is 224 Å². The maximum absolute atomic E-state index is 9.74. The second kappa shape index (κ2) is 13.9.